The summed E-state index contributed by atoms with van der Waals surface area (Å²) in [6.45, 7) is 3.36. The molecule has 3 rings (SSSR count). The average molecular weight is 236 g/mol. The van der Waals surface area contributed by atoms with Crippen molar-refractivity contribution < 1.29 is 0 Å². The van der Waals surface area contributed by atoms with Crippen LogP contribution in [0.4, 0.5) is 0 Å². The lowest BCUT2D eigenvalue weighted by Gasteiger charge is -2.39. The Labute approximate surface area is 104 Å². The molecule has 0 radical (unpaired) electrons. The molecule has 17 heavy (non-hydrogen) atoms. The van der Waals surface area contributed by atoms with Gasteiger partial charge in [0.2, 0.25) is 0 Å². The maximum Gasteiger partial charge on any atom is 0.0648 e. The highest BCUT2D eigenvalue weighted by atomic mass is 15.5. The normalized spacial score (nSPS) is 34.7. The molecule has 1 saturated heterocycles. The summed E-state index contributed by atoms with van der Waals surface area (Å²) in [5, 5.41) is 14.2. The second-order valence-corrected chi connectivity index (χ2v) is 5.56. The fourth-order valence-electron chi connectivity index (χ4n) is 3.43. The molecule has 0 aromatic carbocycles. The highest BCUT2D eigenvalue weighted by Crippen LogP contribution is 2.21. The first-order chi connectivity index (χ1) is 8.43. The third-order valence-corrected chi connectivity index (χ3v) is 4.35. The van der Waals surface area contributed by atoms with Crippen LogP contribution < -0.4 is 10.6 Å². The monoisotopic (exact) mass is 236 g/mol. The quantitative estimate of drug-likeness (QED) is 0.766. The minimum atomic E-state index is 0.585. The van der Waals surface area contributed by atoms with Crippen molar-refractivity contribution in [3.05, 3.63) is 0 Å². The number of nitrogens with one attached hydrogen (secondary N) is 2. The fraction of sp³-hybridized carbons (Fsp3) is 0.923. The summed E-state index contributed by atoms with van der Waals surface area (Å²) in [6, 6.07) is 1.95. The molecule has 2 N–H and O–H groups in total. The van der Waals surface area contributed by atoms with Gasteiger partial charge in [-0.2, -0.15) is 5.10 Å². The molecule has 0 amide bonds. The minimum Gasteiger partial charge on any atom is -0.315 e. The molecule has 1 saturated carbocycles. The van der Waals surface area contributed by atoms with Crippen molar-refractivity contribution >= 4 is 6.21 Å². The lowest BCUT2D eigenvalue weighted by molar-refractivity contribution is 0.139. The third-order valence-electron chi connectivity index (χ3n) is 4.35. The van der Waals surface area contributed by atoms with Gasteiger partial charge in [0.05, 0.1) is 6.04 Å². The van der Waals surface area contributed by atoms with E-state index >= 15 is 0 Å². The molecular formula is C13H24N4. The number of hydrazone groups is 1. The van der Waals surface area contributed by atoms with Crippen LogP contribution in [0.1, 0.15) is 38.5 Å². The van der Waals surface area contributed by atoms with Gasteiger partial charge in [0.25, 0.3) is 0 Å². The summed E-state index contributed by atoms with van der Waals surface area (Å²) in [7, 11) is 0. The van der Waals surface area contributed by atoms with Crippen LogP contribution in [-0.4, -0.2) is 49.0 Å². The van der Waals surface area contributed by atoms with Gasteiger partial charge in [0.15, 0.2) is 0 Å². The van der Waals surface area contributed by atoms with Crippen LogP contribution in [0.25, 0.3) is 0 Å². The molecule has 2 heterocycles. The van der Waals surface area contributed by atoms with Gasteiger partial charge in [-0.1, -0.05) is 12.8 Å². The van der Waals surface area contributed by atoms with E-state index in [4.69, 9.17) is 0 Å². The summed E-state index contributed by atoms with van der Waals surface area (Å²) >= 11 is 0. The van der Waals surface area contributed by atoms with Gasteiger partial charge in [0, 0.05) is 37.8 Å². The van der Waals surface area contributed by atoms with E-state index in [1.807, 2.05) is 0 Å². The summed E-state index contributed by atoms with van der Waals surface area (Å²) < 4.78 is 0. The Bertz CT molecular complexity index is 273. The summed E-state index contributed by atoms with van der Waals surface area (Å²) in [6.07, 6.45) is 9.96. The smallest absolute Gasteiger partial charge is 0.0648 e. The van der Waals surface area contributed by atoms with E-state index < -0.39 is 0 Å². The van der Waals surface area contributed by atoms with Gasteiger partial charge in [-0.25, -0.2) is 0 Å². The molecule has 2 fully saturated rings. The molecule has 0 spiro atoms. The van der Waals surface area contributed by atoms with Crippen molar-refractivity contribution in [2.45, 2.75) is 56.7 Å². The van der Waals surface area contributed by atoms with Crippen LogP contribution in [0, 0.1) is 0 Å². The van der Waals surface area contributed by atoms with E-state index in [1.165, 1.54) is 32.1 Å². The fourth-order valence-corrected chi connectivity index (χ4v) is 3.43. The molecule has 0 aromatic heterocycles. The highest BCUT2D eigenvalue weighted by molar-refractivity contribution is 5.58. The van der Waals surface area contributed by atoms with E-state index in [0.717, 1.165) is 32.1 Å². The van der Waals surface area contributed by atoms with Gasteiger partial charge in [-0.05, 0) is 25.8 Å². The Morgan fingerprint density at radius 2 is 2.12 bits per heavy atom. The molecule has 0 bridgehead atoms. The Kier molecular flexibility index (Phi) is 3.62. The summed E-state index contributed by atoms with van der Waals surface area (Å²) in [4.78, 5) is 0. The molecule has 2 aliphatic heterocycles. The lowest BCUT2D eigenvalue weighted by Crippen LogP contribution is -2.58. The number of rotatable bonds is 3. The molecular weight excluding hydrogens is 212 g/mol. The van der Waals surface area contributed by atoms with Crippen LogP contribution in [0.3, 0.4) is 0 Å². The zero-order chi connectivity index (χ0) is 11.5. The Morgan fingerprint density at radius 1 is 1.24 bits per heavy atom. The Hall–Kier alpha value is -0.610. The molecule has 1 aliphatic carbocycles. The Morgan fingerprint density at radius 3 is 2.88 bits per heavy atom. The minimum absolute atomic E-state index is 0.585. The van der Waals surface area contributed by atoms with E-state index in [9.17, 15) is 0 Å². The van der Waals surface area contributed by atoms with Crippen LogP contribution in [0.15, 0.2) is 5.10 Å². The second-order valence-electron chi connectivity index (χ2n) is 5.56. The van der Waals surface area contributed by atoms with Crippen molar-refractivity contribution in [1.82, 2.24) is 15.6 Å². The Balaban J connectivity index is 1.60. The number of piperidine rings is 1. The van der Waals surface area contributed by atoms with Crippen molar-refractivity contribution in [2.75, 3.05) is 19.6 Å². The SMILES string of the molecule is C1=NN(C2CCNCC2NC2CCCC2)CC1. The second kappa shape index (κ2) is 5.36. The molecule has 2 atom stereocenters. The van der Waals surface area contributed by atoms with E-state index in [1.54, 1.807) is 0 Å². The molecule has 4 nitrogen and oxygen atoms in total. The van der Waals surface area contributed by atoms with Crippen LogP contribution in [0.2, 0.25) is 0 Å². The molecule has 0 aromatic rings. The van der Waals surface area contributed by atoms with Crippen molar-refractivity contribution in [1.29, 1.82) is 0 Å². The van der Waals surface area contributed by atoms with Gasteiger partial charge in [0.1, 0.15) is 0 Å². The van der Waals surface area contributed by atoms with E-state index in [-0.39, 0.29) is 0 Å². The zero-order valence-electron chi connectivity index (χ0n) is 10.6. The third kappa shape index (κ3) is 2.63. The number of hydrogen-bond donors (Lipinski definition) is 2. The molecule has 96 valence electrons. The predicted molar refractivity (Wildman–Crippen MR) is 70.3 cm³/mol. The summed E-state index contributed by atoms with van der Waals surface area (Å²) in [5.41, 5.74) is 0. The molecule has 3 aliphatic rings. The number of hydrogen-bond acceptors (Lipinski definition) is 4. The van der Waals surface area contributed by atoms with Gasteiger partial charge in [-0.15, -0.1) is 0 Å². The van der Waals surface area contributed by atoms with E-state index in [0.29, 0.717) is 12.1 Å². The standard InChI is InChI=1S/C13H24N4/c1-2-5-11(4-1)16-12-10-14-8-6-13(12)17-9-3-7-15-17/h7,11-14,16H,1-6,8-10H2. The van der Waals surface area contributed by atoms with E-state index in [2.05, 4.69) is 27.0 Å². The largest absolute Gasteiger partial charge is 0.315 e. The zero-order valence-corrected chi connectivity index (χ0v) is 10.6. The average Bonchev–Trinajstić information content (AvgIpc) is 3.01. The molecule has 2 unspecified atom stereocenters. The van der Waals surface area contributed by atoms with Gasteiger partial charge >= 0.3 is 0 Å². The van der Waals surface area contributed by atoms with Crippen molar-refractivity contribution in [2.24, 2.45) is 5.10 Å². The maximum absolute atomic E-state index is 4.52. The first-order valence-electron chi connectivity index (χ1n) is 7.19. The van der Waals surface area contributed by atoms with Gasteiger partial charge < -0.3 is 10.6 Å². The van der Waals surface area contributed by atoms with Crippen LogP contribution >= 0.6 is 0 Å². The maximum atomic E-state index is 4.52. The lowest BCUT2D eigenvalue weighted by atomic mass is 9.99. The first-order valence-corrected chi connectivity index (χ1v) is 7.19. The van der Waals surface area contributed by atoms with Crippen molar-refractivity contribution in [3.8, 4) is 0 Å². The number of nitrogens with zero attached hydrogens (tertiary/aromatic N) is 2. The highest BCUT2D eigenvalue weighted by Gasteiger charge is 2.32. The van der Waals surface area contributed by atoms with Crippen molar-refractivity contribution in [3.63, 3.8) is 0 Å². The molecule has 4 heteroatoms. The summed E-state index contributed by atoms with van der Waals surface area (Å²) in [5.74, 6) is 0. The van der Waals surface area contributed by atoms with Crippen LogP contribution in [0.5, 0.6) is 0 Å². The predicted octanol–water partition coefficient (Wildman–Crippen LogP) is 0.941. The topological polar surface area (TPSA) is 39.7 Å². The van der Waals surface area contributed by atoms with Gasteiger partial charge in [-0.3, -0.25) is 5.01 Å². The first kappa shape index (κ1) is 11.5. The van der Waals surface area contributed by atoms with Crippen LogP contribution in [-0.2, 0) is 0 Å².